The van der Waals surface area contributed by atoms with Crippen molar-refractivity contribution in [2.45, 2.75) is 13.1 Å². The van der Waals surface area contributed by atoms with E-state index in [1.165, 1.54) is 6.33 Å². The molecule has 0 bridgehead atoms. The van der Waals surface area contributed by atoms with Crippen molar-refractivity contribution in [3.05, 3.63) is 78.3 Å². The molecule has 0 saturated heterocycles. The van der Waals surface area contributed by atoms with E-state index in [1.807, 2.05) is 42.9 Å². The fourth-order valence-corrected chi connectivity index (χ4v) is 3.19. The summed E-state index contributed by atoms with van der Waals surface area (Å²) in [5, 5.41) is 17.7. The van der Waals surface area contributed by atoms with E-state index in [9.17, 15) is 4.79 Å². The Morgan fingerprint density at radius 1 is 1.03 bits per heavy atom. The molecule has 0 fully saturated rings. The van der Waals surface area contributed by atoms with Gasteiger partial charge in [-0.15, -0.1) is 10.2 Å². The van der Waals surface area contributed by atoms with Crippen LogP contribution in [-0.4, -0.2) is 42.7 Å². The lowest BCUT2D eigenvalue weighted by Crippen LogP contribution is -2.24. The third kappa shape index (κ3) is 4.69. The maximum atomic E-state index is 12.6. The van der Waals surface area contributed by atoms with Gasteiger partial charge >= 0.3 is 0 Å². The van der Waals surface area contributed by atoms with E-state index in [0.717, 1.165) is 22.9 Å². The predicted molar refractivity (Wildman–Crippen MR) is 121 cm³/mol. The van der Waals surface area contributed by atoms with Gasteiger partial charge < -0.3 is 20.5 Å². The minimum absolute atomic E-state index is 0.175. The monoisotopic (exact) mass is 429 g/mol. The van der Waals surface area contributed by atoms with Gasteiger partial charge in [0, 0.05) is 37.7 Å². The molecule has 4 rings (SSSR count). The summed E-state index contributed by atoms with van der Waals surface area (Å²) in [4.78, 5) is 25.1. The lowest BCUT2D eigenvalue weighted by molar-refractivity contribution is 0.0950. The van der Waals surface area contributed by atoms with Gasteiger partial charge in [0.25, 0.3) is 5.91 Å². The van der Waals surface area contributed by atoms with Crippen LogP contribution in [0.25, 0.3) is 11.5 Å². The zero-order chi connectivity index (χ0) is 22.3. The van der Waals surface area contributed by atoms with Crippen molar-refractivity contribution in [2.24, 2.45) is 7.05 Å². The number of nitrogens with zero attached hydrogens (tertiary/aromatic N) is 6. The maximum Gasteiger partial charge on any atom is 0.251 e. The number of aromatic nitrogens is 6. The predicted octanol–water partition coefficient (Wildman–Crippen LogP) is 2.25. The number of pyridine rings is 1. The van der Waals surface area contributed by atoms with Crippen LogP contribution in [0.5, 0.6) is 0 Å². The molecule has 0 saturated carbocycles. The zero-order valence-electron chi connectivity index (χ0n) is 17.8. The normalized spacial score (nSPS) is 10.6. The van der Waals surface area contributed by atoms with Gasteiger partial charge in [0.1, 0.15) is 12.0 Å². The molecule has 10 nitrogen and oxygen atoms in total. The second-order valence-electron chi connectivity index (χ2n) is 6.96. The number of anilines is 2. The number of benzene rings is 1. The second-order valence-corrected chi connectivity index (χ2v) is 6.96. The Balaban J connectivity index is 1.39. The van der Waals surface area contributed by atoms with Crippen LogP contribution >= 0.6 is 0 Å². The Labute approximate surface area is 185 Å². The van der Waals surface area contributed by atoms with Crippen molar-refractivity contribution in [3.8, 4) is 11.5 Å². The molecule has 0 spiro atoms. The lowest BCUT2D eigenvalue weighted by Gasteiger charge is -2.11. The molecular formula is C22H23N9O. The van der Waals surface area contributed by atoms with Gasteiger partial charge in [0.2, 0.25) is 0 Å². The zero-order valence-corrected chi connectivity index (χ0v) is 17.8. The molecule has 32 heavy (non-hydrogen) atoms. The number of amides is 1. The van der Waals surface area contributed by atoms with E-state index in [2.05, 4.69) is 41.1 Å². The highest BCUT2D eigenvalue weighted by molar-refractivity contribution is 5.95. The molecule has 0 aliphatic rings. The van der Waals surface area contributed by atoms with Crippen molar-refractivity contribution in [3.63, 3.8) is 0 Å². The standard InChI is InChI=1S/C22H23N9O/c1-23-17-7-4-9-25-19(17)12-27-22(32)15-5-3-6-16(11-15)26-13-20-29-30-21(31(20)2)18-8-10-24-14-28-18/h3-11,14,23,26H,12-13H2,1-2H3,(H,27,32). The summed E-state index contributed by atoms with van der Waals surface area (Å²) < 4.78 is 1.87. The van der Waals surface area contributed by atoms with E-state index in [4.69, 9.17) is 0 Å². The number of hydrogen-bond acceptors (Lipinski definition) is 8. The fraction of sp³-hybridized carbons (Fsp3) is 0.182. The maximum absolute atomic E-state index is 12.6. The molecular weight excluding hydrogens is 406 g/mol. The fourth-order valence-electron chi connectivity index (χ4n) is 3.19. The molecule has 162 valence electrons. The first kappa shape index (κ1) is 20.9. The van der Waals surface area contributed by atoms with Gasteiger partial charge in [0.15, 0.2) is 11.6 Å². The van der Waals surface area contributed by atoms with E-state index in [-0.39, 0.29) is 5.91 Å². The molecule has 4 aromatic rings. The Bertz CT molecular complexity index is 1210. The highest BCUT2D eigenvalue weighted by Gasteiger charge is 2.12. The lowest BCUT2D eigenvalue weighted by atomic mass is 10.2. The second kappa shape index (κ2) is 9.65. The average molecular weight is 429 g/mol. The summed E-state index contributed by atoms with van der Waals surface area (Å²) in [6.07, 6.45) is 4.85. The molecule has 3 N–H and O–H groups in total. The van der Waals surface area contributed by atoms with Gasteiger partial charge in [-0.1, -0.05) is 6.07 Å². The molecule has 3 heterocycles. The van der Waals surface area contributed by atoms with E-state index in [1.54, 1.807) is 30.6 Å². The summed E-state index contributed by atoms with van der Waals surface area (Å²) in [6.45, 7) is 0.775. The van der Waals surface area contributed by atoms with Crippen LogP contribution < -0.4 is 16.0 Å². The van der Waals surface area contributed by atoms with Crippen molar-refractivity contribution < 1.29 is 4.79 Å². The summed E-state index contributed by atoms with van der Waals surface area (Å²) in [5.41, 5.74) is 3.72. The van der Waals surface area contributed by atoms with Crippen LogP contribution in [0.1, 0.15) is 21.9 Å². The quantitative estimate of drug-likeness (QED) is 0.390. The van der Waals surface area contributed by atoms with Crippen LogP contribution in [0.2, 0.25) is 0 Å². The topological polar surface area (TPSA) is 123 Å². The molecule has 0 aliphatic heterocycles. The Morgan fingerprint density at radius 2 is 1.94 bits per heavy atom. The van der Waals surface area contributed by atoms with Crippen LogP contribution in [0.4, 0.5) is 11.4 Å². The van der Waals surface area contributed by atoms with Crippen molar-refractivity contribution in [1.82, 2.24) is 35.0 Å². The molecule has 0 aliphatic carbocycles. The number of hydrogen-bond donors (Lipinski definition) is 3. The Kier molecular flexibility index (Phi) is 6.30. The van der Waals surface area contributed by atoms with Crippen molar-refractivity contribution in [2.75, 3.05) is 17.7 Å². The number of carbonyl (C=O) groups excluding carboxylic acids is 1. The van der Waals surface area contributed by atoms with Gasteiger partial charge in [-0.3, -0.25) is 9.78 Å². The molecule has 0 radical (unpaired) electrons. The van der Waals surface area contributed by atoms with Gasteiger partial charge in [-0.25, -0.2) is 9.97 Å². The van der Waals surface area contributed by atoms with E-state index >= 15 is 0 Å². The van der Waals surface area contributed by atoms with Crippen LogP contribution in [-0.2, 0) is 20.1 Å². The number of nitrogens with one attached hydrogen (secondary N) is 3. The average Bonchev–Trinajstić information content (AvgIpc) is 3.22. The Hall–Kier alpha value is -4.34. The largest absolute Gasteiger partial charge is 0.387 e. The van der Waals surface area contributed by atoms with Gasteiger partial charge in [0.05, 0.1) is 24.5 Å². The van der Waals surface area contributed by atoms with E-state index < -0.39 is 0 Å². The van der Waals surface area contributed by atoms with Gasteiger partial charge in [-0.2, -0.15) is 0 Å². The summed E-state index contributed by atoms with van der Waals surface area (Å²) in [5.74, 6) is 1.22. The van der Waals surface area contributed by atoms with Crippen LogP contribution in [0.3, 0.4) is 0 Å². The molecule has 0 atom stereocenters. The molecule has 3 aromatic heterocycles. The highest BCUT2D eigenvalue weighted by Crippen LogP contribution is 2.16. The first-order chi connectivity index (χ1) is 15.7. The SMILES string of the molecule is CNc1cccnc1CNC(=O)c1cccc(NCc2nnc(-c3ccncn3)n2C)c1. The van der Waals surface area contributed by atoms with Crippen molar-refractivity contribution in [1.29, 1.82) is 0 Å². The Morgan fingerprint density at radius 3 is 2.75 bits per heavy atom. The molecule has 0 unspecified atom stereocenters. The molecule has 1 amide bonds. The molecule has 1 aromatic carbocycles. The van der Waals surface area contributed by atoms with Crippen LogP contribution in [0.15, 0.2) is 61.2 Å². The first-order valence-electron chi connectivity index (χ1n) is 10.0. The minimum atomic E-state index is -0.175. The number of carbonyl (C=O) groups is 1. The van der Waals surface area contributed by atoms with Crippen molar-refractivity contribution >= 4 is 17.3 Å². The minimum Gasteiger partial charge on any atom is -0.387 e. The van der Waals surface area contributed by atoms with Crippen LogP contribution in [0, 0.1) is 0 Å². The third-order valence-corrected chi connectivity index (χ3v) is 4.93. The smallest absolute Gasteiger partial charge is 0.251 e. The summed E-state index contributed by atoms with van der Waals surface area (Å²) in [7, 11) is 3.71. The highest BCUT2D eigenvalue weighted by atomic mass is 16.1. The third-order valence-electron chi connectivity index (χ3n) is 4.93. The van der Waals surface area contributed by atoms with E-state index in [0.29, 0.717) is 30.2 Å². The summed E-state index contributed by atoms with van der Waals surface area (Å²) >= 11 is 0. The molecule has 10 heteroatoms. The van der Waals surface area contributed by atoms with Gasteiger partial charge in [-0.05, 0) is 36.4 Å². The number of rotatable bonds is 8. The first-order valence-corrected chi connectivity index (χ1v) is 10.0. The summed E-state index contributed by atoms with van der Waals surface area (Å²) in [6, 6.07) is 12.9.